The van der Waals surface area contributed by atoms with Gasteiger partial charge in [-0.2, -0.15) is 5.10 Å². The van der Waals surface area contributed by atoms with Gasteiger partial charge in [0.25, 0.3) is 0 Å². The van der Waals surface area contributed by atoms with Crippen molar-refractivity contribution in [2.45, 2.75) is 33.5 Å². The molecule has 2 aromatic rings. The number of rotatable bonds is 6. The molecule has 0 fully saturated rings. The molecule has 0 radical (unpaired) electrons. The van der Waals surface area contributed by atoms with Crippen LogP contribution in [0.2, 0.25) is 0 Å². The molecule has 104 valence electrons. The summed E-state index contributed by atoms with van der Waals surface area (Å²) < 4.78 is 3.01. The van der Waals surface area contributed by atoms with Crippen LogP contribution in [0, 0.1) is 13.8 Å². The number of halogens is 1. The molecule has 0 aromatic carbocycles. The summed E-state index contributed by atoms with van der Waals surface area (Å²) in [6.07, 6.45) is 0. The molecule has 2 heterocycles. The Bertz CT molecular complexity index is 550. The number of nitrogens with one attached hydrogen (secondary N) is 1. The molecule has 0 aliphatic heterocycles. The zero-order chi connectivity index (χ0) is 13.8. The summed E-state index contributed by atoms with van der Waals surface area (Å²) in [5.74, 6) is 0. The van der Waals surface area contributed by atoms with Crippen LogP contribution < -0.4 is 5.32 Å². The number of nitrogens with zero attached hydrogens (tertiary/aromatic N) is 2. The van der Waals surface area contributed by atoms with Crippen molar-refractivity contribution in [2.75, 3.05) is 6.61 Å². The molecular weight excluding hydrogens is 326 g/mol. The van der Waals surface area contributed by atoms with Crippen molar-refractivity contribution in [3.8, 4) is 0 Å². The van der Waals surface area contributed by atoms with Crippen molar-refractivity contribution in [1.29, 1.82) is 0 Å². The lowest BCUT2D eigenvalue weighted by Gasteiger charge is -2.05. The highest BCUT2D eigenvalue weighted by molar-refractivity contribution is 9.10. The van der Waals surface area contributed by atoms with Crippen LogP contribution in [0.15, 0.2) is 15.9 Å². The number of thiophene rings is 1. The summed E-state index contributed by atoms with van der Waals surface area (Å²) in [6.45, 7) is 6.41. The summed E-state index contributed by atoms with van der Waals surface area (Å²) in [4.78, 5) is 1.31. The second-order valence-electron chi connectivity index (χ2n) is 4.43. The Kier molecular flexibility index (Phi) is 5.15. The van der Waals surface area contributed by atoms with Crippen molar-refractivity contribution in [1.82, 2.24) is 15.1 Å². The molecule has 0 amide bonds. The first-order valence-corrected chi connectivity index (χ1v) is 7.86. The van der Waals surface area contributed by atoms with Crippen molar-refractivity contribution in [2.24, 2.45) is 0 Å². The molecule has 0 bridgehead atoms. The molecule has 0 aliphatic rings. The van der Waals surface area contributed by atoms with E-state index in [4.69, 9.17) is 5.11 Å². The van der Waals surface area contributed by atoms with Gasteiger partial charge in [0.15, 0.2) is 0 Å². The Labute approximate surface area is 125 Å². The maximum atomic E-state index is 8.99. The van der Waals surface area contributed by atoms with Gasteiger partial charge in [0.2, 0.25) is 0 Å². The van der Waals surface area contributed by atoms with Crippen molar-refractivity contribution < 1.29 is 5.11 Å². The normalized spacial score (nSPS) is 11.2. The van der Waals surface area contributed by atoms with Gasteiger partial charge in [-0.25, -0.2) is 0 Å². The molecule has 0 spiro atoms. The van der Waals surface area contributed by atoms with Gasteiger partial charge in [-0.15, -0.1) is 11.3 Å². The molecule has 0 saturated carbocycles. The van der Waals surface area contributed by atoms with Crippen LogP contribution in [0.3, 0.4) is 0 Å². The molecule has 0 unspecified atom stereocenters. The van der Waals surface area contributed by atoms with Gasteiger partial charge in [-0.3, -0.25) is 4.68 Å². The van der Waals surface area contributed by atoms with Gasteiger partial charge in [-0.05, 0) is 35.8 Å². The zero-order valence-corrected chi connectivity index (χ0v) is 13.5. The third-order valence-electron chi connectivity index (χ3n) is 3.07. The van der Waals surface area contributed by atoms with Gasteiger partial charge < -0.3 is 10.4 Å². The average Bonchev–Trinajstić information content (AvgIpc) is 2.89. The number of aryl methyl sites for hydroxylation is 1. The fourth-order valence-corrected chi connectivity index (χ4v) is 3.48. The van der Waals surface area contributed by atoms with E-state index >= 15 is 0 Å². The maximum absolute atomic E-state index is 8.99. The molecule has 0 aliphatic carbocycles. The SMILES string of the molecule is Cc1nn(CCO)c(C)c1CNCc1cc(Br)cs1. The van der Waals surface area contributed by atoms with E-state index in [0.29, 0.717) is 6.54 Å². The van der Waals surface area contributed by atoms with E-state index in [-0.39, 0.29) is 6.61 Å². The van der Waals surface area contributed by atoms with E-state index in [1.807, 2.05) is 11.6 Å². The Morgan fingerprint density at radius 3 is 2.84 bits per heavy atom. The number of hydrogen-bond acceptors (Lipinski definition) is 4. The van der Waals surface area contributed by atoms with Crippen LogP contribution >= 0.6 is 27.3 Å². The Morgan fingerprint density at radius 1 is 1.42 bits per heavy atom. The van der Waals surface area contributed by atoms with Gasteiger partial charge in [0.1, 0.15) is 0 Å². The van der Waals surface area contributed by atoms with E-state index in [1.165, 1.54) is 10.4 Å². The average molecular weight is 344 g/mol. The summed E-state index contributed by atoms with van der Waals surface area (Å²) in [6, 6.07) is 2.13. The molecule has 0 saturated heterocycles. The minimum Gasteiger partial charge on any atom is -0.394 e. The first-order chi connectivity index (χ1) is 9.11. The minimum atomic E-state index is 0.123. The second kappa shape index (κ2) is 6.65. The molecular formula is C13H18BrN3OS. The minimum absolute atomic E-state index is 0.123. The second-order valence-corrected chi connectivity index (χ2v) is 6.34. The highest BCUT2D eigenvalue weighted by Gasteiger charge is 2.10. The van der Waals surface area contributed by atoms with E-state index in [2.05, 4.69) is 44.7 Å². The largest absolute Gasteiger partial charge is 0.394 e. The number of aromatic nitrogens is 2. The first-order valence-electron chi connectivity index (χ1n) is 6.19. The number of aliphatic hydroxyl groups excluding tert-OH is 1. The van der Waals surface area contributed by atoms with Crippen LogP contribution in [0.1, 0.15) is 21.8 Å². The summed E-state index contributed by atoms with van der Waals surface area (Å²) in [7, 11) is 0. The third-order valence-corrected chi connectivity index (χ3v) is 4.76. The maximum Gasteiger partial charge on any atom is 0.0644 e. The van der Waals surface area contributed by atoms with Crippen LogP contribution in [0.5, 0.6) is 0 Å². The van der Waals surface area contributed by atoms with Gasteiger partial charge >= 0.3 is 0 Å². The third kappa shape index (κ3) is 3.66. The zero-order valence-electron chi connectivity index (χ0n) is 11.1. The summed E-state index contributed by atoms with van der Waals surface area (Å²) in [5.41, 5.74) is 3.39. The van der Waals surface area contributed by atoms with E-state index in [0.717, 1.165) is 29.0 Å². The molecule has 0 atom stereocenters. The van der Waals surface area contributed by atoms with Crippen molar-refractivity contribution >= 4 is 27.3 Å². The lowest BCUT2D eigenvalue weighted by atomic mass is 10.2. The van der Waals surface area contributed by atoms with Gasteiger partial charge in [0.05, 0.1) is 18.8 Å². The molecule has 2 rings (SSSR count). The van der Waals surface area contributed by atoms with Gasteiger partial charge in [0, 0.05) is 39.1 Å². The van der Waals surface area contributed by atoms with Crippen molar-refractivity contribution in [3.05, 3.63) is 37.7 Å². The predicted octanol–water partition coefficient (Wildman–Crippen LogP) is 2.61. The molecule has 6 heteroatoms. The smallest absolute Gasteiger partial charge is 0.0644 e. The Balaban J connectivity index is 1.95. The van der Waals surface area contributed by atoms with Crippen LogP contribution in [-0.2, 0) is 19.6 Å². The van der Waals surface area contributed by atoms with Crippen LogP contribution in [-0.4, -0.2) is 21.5 Å². The standard InChI is InChI=1S/C13H18BrN3OS/c1-9-13(10(2)17(16-9)3-4-18)7-15-6-12-5-11(14)8-19-12/h5,8,15,18H,3-4,6-7H2,1-2H3. The predicted molar refractivity (Wildman–Crippen MR) is 81.3 cm³/mol. The first kappa shape index (κ1) is 14.7. The monoisotopic (exact) mass is 343 g/mol. The Morgan fingerprint density at radius 2 is 2.21 bits per heavy atom. The van der Waals surface area contributed by atoms with E-state index < -0.39 is 0 Å². The lowest BCUT2D eigenvalue weighted by Crippen LogP contribution is -2.13. The fraction of sp³-hybridized carbons (Fsp3) is 0.462. The highest BCUT2D eigenvalue weighted by Crippen LogP contribution is 2.20. The van der Waals surface area contributed by atoms with E-state index in [1.54, 1.807) is 11.3 Å². The fourth-order valence-electron chi connectivity index (χ4n) is 2.06. The molecule has 2 aromatic heterocycles. The van der Waals surface area contributed by atoms with Crippen LogP contribution in [0.25, 0.3) is 0 Å². The van der Waals surface area contributed by atoms with Crippen LogP contribution in [0.4, 0.5) is 0 Å². The summed E-state index contributed by atoms with van der Waals surface area (Å²) >= 11 is 5.20. The lowest BCUT2D eigenvalue weighted by molar-refractivity contribution is 0.267. The van der Waals surface area contributed by atoms with Crippen molar-refractivity contribution in [3.63, 3.8) is 0 Å². The molecule has 2 N–H and O–H groups in total. The summed E-state index contributed by atoms with van der Waals surface area (Å²) in [5, 5.41) is 19.0. The topological polar surface area (TPSA) is 50.1 Å². The number of hydrogen-bond donors (Lipinski definition) is 2. The molecule has 4 nitrogen and oxygen atoms in total. The highest BCUT2D eigenvalue weighted by atomic mass is 79.9. The quantitative estimate of drug-likeness (QED) is 0.847. The Hall–Kier alpha value is -0.690. The number of aliphatic hydroxyl groups is 1. The van der Waals surface area contributed by atoms with E-state index in [9.17, 15) is 0 Å². The molecule has 19 heavy (non-hydrogen) atoms. The van der Waals surface area contributed by atoms with Gasteiger partial charge in [-0.1, -0.05) is 0 Å².